The van der Waals surface area contributed by atoms with Gasteiger partial charge in [0.05, 0.1) is 18.8 Å². The molecule has 6 rings (SSSR count). The van der Waals surface area contributed by atoms with Gasteiger partial charge < -0.3 is 14.0 Å². The maximum Gasteiger partial charge on any atom is 0.420 e. The maximum absolute atomic E-state index is 13.1. The highest BCUT2D eigenvalue weighted by atomic mass is 19.4. The highest BCUT2D eigenvalue weighted by molar-refractivity contribution is 5.87. The summed E-state index contributed by atoms with van der Waals surface area (Å²) in [4.78, 5) is 30.6. The summed E-state index contributed by atoms with van der Waals surface area (Å²) in [6, 6.07) is 3.62. The van der Waals surface area contributed by atoms with Gasteiger partial charge in [0.1, 0.15) is 22.7 Å². The molecule has 0 amide bonds. The molecule has 0 radical (unpaired) electrons. The van der Waals surface area contributed by atoms with Crippen LogP contribution in [0, 0.1) is 6.92 Å². The smallest absolute Gasteiger partial charge is 0.420 e. The molecule has 3 aromatic rings. The minimum Gasteiger partial charge on any atom is -0.480 e. The molecule has 0 aromatic carbocycles. The van der Waals surface area contributed by atoms with E-state index in [4.69, 9.17) is 14.5 Å². The van der Waals surface area contributed by atoms with Gasteiger partial charge in [-0.2, -0.15) is 13.2 Å². The van der Waals surface area contributed by atoms with Crippen molar-refractivity contribution in [3.05, 3.63) is 62.8 Å². The van der Waals surface area contributed by atoms with Crippen LogP contribution in [0.25, 0.3) is 16.7 Å². The number of alkyl halides is 3. The number of methoxy groups -OCH3 is 1. The van der Waals surface area contributed by atoms with Gasteiger partial charge in [-0.05, 0) is 44.2 Å². The topological polar surface area (TPSA) is 92.0 Å². The number of aryl methyl sites for hydroxylation is 1. The Morgan fingerprint density at radius 1 is 1.14 bits per heavy atom. The van der Waals surface area contributed by atoms with Crippen molar-refractivity contribution in [2.24, 2.45) is 0 Å². The SMILES string of the molecule is COc1nc2c(C3=C=C(C(F)(F)F)C3)nc([C@H]3CCO[C@@H](c4ccc(=O)n(C5CC5)c4)C3)nc2nc1C. The summed E-state index contributed by atoms with van der Waals surface area (Å²) < 4.78 is 52.5. The zero-order valence-corrected chi connectivity index (χ0v) is 20.3. The van der Waals surface area contributed by atoms with E-state index < -0.39 is 11.7 Å². The van der Waals surface area contributed by atoms with Crippen molar-refractivity contribution in [1.29, 1.82) is 0 Å². The number of nitrogens with zero attached hydrogens (tertiary/aromatic N) is 5. The average molecular weight is 512 g/mol. The summed E-state index contributed by atoms with van der Waals surface area (Å²) in [5.41, 5.74) is 4.32. The molecule has 11 heteroatoms. The van der Waals surface area contributed by atoms with Crippen LogP contribution < -0.4 is 10.3 Å². The molecular formula is C26H24F3N5O3. The second kappa shape index (κ2) is 8.78. The van der Waals surface area contributed by atoms with Gasteiger partial charge in [0.2, 0.25) is 5.88 Å². The van der Waals surface area contributed by atoms with Crippen molar-refractivity contribution in [1.82, 2.24) is 24.5 Å². The van der Waals surface area contributed by atoms with Crippen molar-refractivity contribution in [2.75, 3.05) is 13.7 Å². The summed E-state index contributed by atoms with van der Waals surface area (Å²) in [6.45, 7) is 2.19. The molecular weight excluding hydrogens is 487 g/mol. The van der Waals surface area contributed by atoms with Crippen LogP contribution in [0.3, 0.4) is 0 Å². The average Bonchev–Trinajstić information content (AvgIpc) is 3.67. The number of fused-ring (bicyclic) bond motifs is 1. The first kappa shape index (κ1) is 23.8. The van der Waals surface area contributed by atoms with E-state index in [2.05, 4.69) is 20.7 Å². The van der Waals surface area contributed by atoms with Crippen LogP contribution >= 0.6 is 0 Å². The summed E-state index contributed by atoms with van der Waals surface area (Å²) in [5.74, 6) is 0.640. The van der Waals surface area contributed by atoms with Crippen molar-refractivity contribution in [3.8, 4) is 5.88 Å². The third-order valence-corrected chi connectivity index (χ3v) is 7.08. The van der Waals surface area contributed by atoms with Gasteiger partial charge in [0, 0.05) is 42.8 Å². The van der Waals surface area contributed by atoms with Gasteiger partial charge in [0.25, 0.3) is 5.56 Å². The molecule has 0 bridgehead atoms. The highest BCUT2D eigenvalue weighted by Crippen LogP contribution is 2.42. The lowest BCUT2D eigenvalue weighted by molar-refractivity contribution is -0.0934. The second-order valence-electron chi connectivity index (χ2n) is 9.70. The molecule has 1 saturated carbocycles. The summed E-state index contributed by atoms with van der Waals surface area (Å²) in [7, 11) is 1.45. The van der Waals surface area contributed by atoms with Crippen molar-refractivity contribution < 1.29 is 22.6 Å². The predicted octanol–water partition coefficient (Wildman–Crippen LogP) is 4.74. The van der Waals surface area contributed by atoms with E-state index in [1.807, 2.05) is 6.20 Å². The number of hydrogen-bond acceptors (Lipinski definition) is 7. The van der Waals surface area contributed by atoms with E-state index in [0.717, 1.165) is 18.4 Å². The number of rotatable bonds is 5. The maximum atomic E-state index is 13.1. The molecule has 4 heterocycles. The number of aromatic nitrogens is 5. The van der Waals surface area contributed by atoms with Gasteiger partial charge in [0.15, 0.2) is 5.65 Å². The fraction of sp³-hybridized carbons (Fsp3) is 0.462. The van der Waals surface area contributed by atoms with Crippen LogP contribution in [0.15, 0.2) is 34.4 Å². The Morgan fingerprint density at radius 2 is 1.92 bits per heavy atom. The Bertz CT molecular complexity index is 1540. The Hall–Kier alpha value is -3.56. The second-order valence-corrected chi connectivity index (χ2v) is 9.70. The van der Waals surface area contributed by atoms with E-state index in [-0.39, 0.29) is 41.4 Å². The molecule has 2 atom stereocenters. The minimum atomic E-state index is -4.43. The first-order valence-corrected chi connectivity index (χ1v) is 12.2. The van der Waals surface area contributed by atoms with Crippen LogP contribution in [0.5, 0.6) is 5.88 Å². The molecule has 2 aliphatic carbocycles. The normalized spacial score (nSPS) is 21.9. The lowest BCUT2D eigenvalue weighted by atomic mass is 9.90. The molecule has 8 nitrogen and oxygen atoms in total. The van der Waals surface area contributed by atoms with Crippen molar-refractivity contribution in [3.63, 3.8) is 0 Å². The minimum absolute atomic E-state index is 0.0226. The van der Waals surface area contributed by atoms with E-state index >= 15 is 0 Å². The molecule has 0 unspecified atom stereocenters. The largest absolute Gasteiger partial charge is 0.480 e. The zero-order valence-electron chi connectivity index (χ0n) is 20.3. The van der Waals surface area contributed by atoms with Crippen LogP contribution in [0.2, 0.25) is 0 Å². The first-order valence-electron chi connectivity index (χ1n) is 12.2. The van der Waals surface area contributed by atoms with Crippen LogP contribution in [-0.4, -0.2) is 44.4 Å². The van der Waals surface area contributed by atoms with Gasteiger partial charge in [-0.25, -0.2) is 19.9 Å². The lowest BCUT2D eigenvalue weighted by Crippen LogP contribution is -2.24. The molecule has 37 heavy (non-hydrogen) atoms. The third kappa shape index (κ3) is 4.42. The fourth-order valence-electron chi connectivity index (χ4n) is 4.88. The van der Waals surface area contributed by atoms with Gasteiger partial charge in [-0.1, -0.05) is 0 Å². The van der Waals surface area contributed by atoms with Crippen molar-refractivity contribution >= 4 is 16.7 Å². The summed E-state index contributed by atoms with van der Waals surface area (Å²) in [6.07, 6.45) is 0.104. The van der Waals surface area contributed by atoms with Crippen LogP contribution in [0.1, 0.15) is 72.9 Å². The third-order valence-electron chi connectivity index (χ3n) is 7.08. The Kier molecular flexibility index (Phi) is 5.65. The molecule has 3 aliphatic rings. The fourth-order valence-corrected chi connectivity index (χ4v) is 4.88. The first-order chi connectivity index (χ1) is 17.7. The van der Waals surface area contributed by atoms with Crippen molar-refractivity contribution in [2.45, 2.75) is 63.3 Å². The molecule has 192 valence electrons. The molecule has 1 saturated heterocycles. The Balaban J connectivity index is 1.40. The zero-order chi connectivity index (χ0) is 25.9. The summed E-state index contributed by atoms with van der Waals surface area (Å²) in [5, 5.41) is 0. The van der Waals surface area contributed by atoms with E-state index in [9.17, 15) is 18.0 Å². The molecule has 0 spiro atoms. The monoisotopic (exact) mass is 511 g/mol. The number of halogens is 3. The van der Waals surface area contributed by atoms with Crippen LogP contribution in [0.4, 0.5) is 13.2 Å². The molecule has 2 fully saturated rings. The number of ether oxygens (including phenoxy) is 2. The lowest BCUT2D eigenvalue weighted by Gasteiger charge is -2.29. The number of hydrogen-bond donors (Lipinski definition) is 0. The standard InChI is InChI=1S/C26H24F3N5O3/c1-13-25(36-2)32-22-21(16-9-17(10-16)26(27,28)29)31-23(33-24(22)30-13)14-7-8-37-19(11-14)15-3-6-20(35)34(12-15)18-4-5-18/h3,6,12,14,18-19H,4-5,7-9,11H2,1-2H3/t14-,19+/m0/s1. The Labute approximate surface area is 209 Å². The van der Waals surface area contributed by atoms with E-state index in [1.54, 1.807) is 23.6 Å². The number of allylic oxidation sites excluding steroid dienone is 1. The Morgan fingerprint density at radius 3 is 2.62 bits per heavy atom. The molecule has 0 N–H and O–H groups in total. The van der Waals surface area contributed by atoms with E-state index in [0.29, 0.717) is 47.9 Å². The van der Waals surface area contributed by atoms with Gasteiger partial charge in [-0.15, -0.1) is 5.73 Å². The van der Waals surface area contributed by atoms with Crippen LogP contribution in [-0.2, 0) is 4.74 Å². The molecule has 3 aromatic heterocycles. The van der Waals surface area contributed by atoms with Gasteiger partial charge >= 0.3 is 6.18 Å². The quantitative estimate of drug-likeness (QED) is 0.457. The van der Waals surface area contributed by atoms with E-state index in [1.165, 1.54) is 7.11 Å². The predicted molar refractivity (Wildman–Crippen MR) is 127 cm³/mol. The molecule has 1 aliphatic heterocycles. The van der Waals surface area contributed by atoms with Gasteiger partial charge in [-0.3, -0.25) is 4.79 Å². The highest BCUT2D eigenvalue weighted by Gasteiger charge is 2.39. The number of pyridine rings is 1. The summed E-state index contributed by atoms with van der Waals surface area (Å²) >= 11 is 0.